The minimum atomic E-state index is -0.500. The monoisotopic (exact) mass is 400 g/mol. The lowest BCUT2D eigenvalue weighted by Crippen LogP contribution is -2.49. The number of nitrogens with one attached hydrogen (secondary N) is 1. The van der Waals surface area contributed by atoms with Crippen LogP contribution in [0.5, 0.6) is 0 Å². The van der Waals surface area contributed by atoms with Gasteiger partial charge in [0.1, 0.15) is 6.04 Å². The minimum absolute atomic E-state index is 0.0821. The van der Waals surface area contributed by atoms with E-state index in [-0.39, 0.29) is 18.2 Å². The first-order valence-corrected chi connectivity index (χ1v) is 10.2. The number of amides is 2. The van der Waals surface area contributed by atoms with Crippen LogP contribution in [0.25, 0.3) is 0 Å². The standard InChI is InChI=1S/C23H29ClN2O2/c1-4-13-25-23(28)21(5-2)26(16-18-11-9-17(3)10-12-18)22(27)15-19-7-6-8-20(24)14-19/h6-12,14,21H,4-5,13,15-16H2,1-3H3,(H,25,28)/t21-/m0/s1. The van der Waals surface area contributed by atoms with Crippen LogP contribution in [0, 0.1) is 6.92 Å². The highest BCUT2D eigenvalue weighted by Gasteiger charge is 2.28. The van der Waals surface area contributed by atoms with Crippen molar-refractivity contribution in [1.82, 2.24) is 10.2 Å². The van der Waals surface area contributed by atoms with E-state index < -0.39 is 6.04 Å². The lowest BCUT2D eigenvalue weighted by Gasteiger charge is -2.31. The molecule has 5 heteroatoms. The molecule has 4 nitrogen and oxygen atoms in total. The summed E-state index contributed by atoms with van der Waals surface area (Å²) < 4.78 is 0. The summed E-state index contributed by atoms with van der Waals surface area (Å²) in [4.78, 5) is 27.6. The van der Waals surface area contributed by atoms with Crippen LogP contribution in [-0.2, 0) is 22.6 Å². The van der Waals surface area contributed by atoms with Gasteiger partial charge in [0.05, 0.1) is 6.42 Å². The Balaban J connectivity index is 2.26. The van der Waals surface area contributed by atoms with E-state index in [0.29, 0.717) is 24.5 Å². The van der Waals surface area contributed by atoms with Gasteiger partial charge in [0.2, 0.25) is 11.8 Å². The van der Waals surface area contributed by atoms with E-state index in [9.17, 15) is 9.59 Å². The summed E-state index contributed by atoms with van der Waals surface area (Å²) in [7, 11) is 0. The molecule has 0 aliphatic carbocycles. The van der Waals surface area contributed by atoms with Gasteiger partial charge in [-0.05, 0) is 43.0 Å². The number of carbonyl (C=O) groups is 2. The number of aryl methyl sites for hydroxylation is 1. The average Bonchev–Trinajstić information content (AvgIpc) is 2.67. The van der Waals surface area contributed by atoms with Crippen molar-refractivity contribution >= 4 is 23.4 Å². The quantitative estimate of drug-likeness (QED) is 0.672. The van der Waals surface area contributed by atoms with E-state index in [2.05, 4.69) is 5.32 Å². The van der Waals surface area contributed by atoms with Crippen LogP contribution >= 0.6 is 11.6 Å². The van der Waals surface area contributed by atoms with Crippen molar-refractivity contribution in [3.05, 3.63) is 70.2 Å². The second-order valence-electron chi connectivity index (χ2n) is 7.03. The van der Waals surface area contributed by atoms with Gasteiger partial charge in [0.25, 0.3) is 0 Å². The lowest BCUT2D eigenvalue weighted by molar-refractivity contribution is -0.140. The normalized spacial score (nSPS) is 11.7. The predicted octanol–water partition coefficient (Wildman–Crippen LogP) is 4.52. The van der Waals surface area contributed by atoms with Gasteiger partial charge in [-0.15, -0.1) is 0 Å². The highest BCUT2D eigenvalue weighted by atomic mass is 35.5. The van der Waals surface area contributed by atoms with Gasteiger partial charge in [-0.2, -0.15) is 0 Å². The molecule has 0 saturated carbocycles. The van der Waals surface area contributed by atoms with Gasteiger partial charge >= 0.3 is 0 Å². The fraction of sp³-hybridized carbons (Fsp3) is 0.391. The molecule has 0 aliphatic rings. The summed E-state index contributed by atoms with van der Waals surface area (Å²) in [6.45, 7) is 6.98. The Morgan fingerprint density at radius 2 is 1.79 bits per heavy atom. The molecule has 1 atom stereocenters. The SMILES string of the molecule is CCCNC(=O)[C@H](CC)N(Cc1ccc(C)cc1)C(=O)Cc1cccc(Cl)c1. The number of hydrogen-bond donors (Lipinski definition) is 1. The zero-order chi connectivity index (χ0) is 20.5. The molecule has 0 saturated heterocycles. The molecule has 0 aromatic heterocycles. The van der Waals surface area contributed by atoms with Gasteiger partial charge < -0.3 is 10.2 Å². The van der Waals surface area contributed by atoms with Gasteiger partial charge in [-0.3, -0.25) is 9.59 Å². The Hall–Kier alpha value is -2.33. The van der Waals surface area contributed by atoms with Crippen molar-refractivity contribution in [3.63, 3.8) is 0 Å². The lowest BCUT2D eigenvalue weighted by atomic mass is 10.1. The molecule has 0 bridgehead atoms. The maximum absolute atomic E-state index is 13.2. The maximum Gasteiger partial charge on any atom is 0.242 e. The van der Waals surface area contributed by atoms with Crippen LogP contribution in [0.15, 0.2) is 48.5 Å². The molecule has 2 aromatic rings. The number of halogens is 1. The van der Waals surface area contributed by atoms with Crippen molar-refractivity contribution in [2.75, 3.05) is 6.54 Å². The Morgan fingerprint density at radius 3 is 2.39 bits per heavy atom. The highest BCUT2D eigenvalue weighted by molar-refractivity contribution is 6.30. The van der Waals surface area contributed by atoms with Crippen LogP contribution in [0.3, 0.4) is 0 Å². The molecule has 2 rings (SSSR count). The first-order chi connectivity index (χ1) is 13.4. The first-order valence-electron chi connectivity index (χ1n) is 9.81. The maximum atomic E-state index is 13.2. The summed E-state index contributed by atoms with van der Waals surface area (Å²) in [5.41, 5.74) is 3.01. The molecule has 2 amide bonds. The third kappa shape index (κ3) is 6.38. The van der Waals surface area contributed by atoms with Gasteiger partial charge in [0, 0.05) is 18.1 Å². The van der Waals surface area contributed by atoms with Crippen molar-refractivity contribution in [1.29, 1.82) is 0 Å². The first kappa shape index (κ1) is 22.0. The molecule has 2 aromatic carbocycles. The third-order valence-corrected chi connectivity index (χ3v) is 4.89. The van der Waals surface area contributed by atoms with Gasteiger partial charge in [-0.1, -0.05) is 67.4 Å². The molecule has 150 valence electrons. The molecule has 0 fully saturated rings. The Labute approximate surface area is 172 Å². The summed E-state index contributed by atoms with van der Waals surface area (Å²) in [6, 6.07) is 14.8. The highest BCUT2D eigenvalue weighted by Crippen LogP contribution is 2.17. The molecule has 1 N–H and O–H groups in total. The molecule has 0 heterocycles. The van der Waals surface area contributed by atoms with E-state index in [1.807, 2.05) is 57.2 Å². The van der Waals surface area contributed by atoms with Crippen molar-refractivity contribution in [2.24, 2.45) is 0 Å². The van der Waals surface area contributed by atoms with Crippen molar-refractivity contribution < 1.29 is 9.59 Å². The molecular weight excluding hydrogens is 372 g/mol. The average molecular weight is 401 g/mol. The van der Waals surface area contributed by atoms with E-state index >= 15 is 0 Å². The van der Waals surface area contributed by atoms with Crippen molar-refractivity contribution in [2.45, 2.75) is 52.6 Å². The number of hydrogen-bond acceptors (Lipinski definition) is 2. The minimum Gasteiger partial charge on any atom is -0.354 e. The van der Waals surface area contributed by atoms with E-state index in [1.54, 1.807) is 17.0 Å². The third-order valence-electron chi connectivity index (χ3n) is 4.65. The van der Waals surface area contributed by atoms with Gasteiger partial charge in [-0.25, -0.2) is 0 Å². The zero-order valence-corrected chi connectivity index (χ0v) is 17.6. The summed E-state index contributed by atoms with van der Waals surface area (Å²) >= 11 is 6.06. The van der Waals surface area contributed by atoms with E-state index in [4.69, 9.17) is 11.6 Å². The number of nitrogens with zero attached hydrogens (tertiary/aromatic N) is 1. The van der Waals surface area contributed by atoms with Gasteiger partial charge in [0.15, 0.2) is 0 Å². The second kappa shape index (κ2) is 10.9. The Morgan fingerprint density at radius 1 is 1.07 bits per heavy atom. The Kier molecular flexibility index (Phi) is 8.52. The molecular formula is C23H29ClN2O2. The molecule has 0 spiro atoms. The Bertz CT molecular complexity index is 789. The topological polar surface area (TPSA) is 49.4 Å². The van der Waals surface area contributed by atoms with Crippen LogP contribution in [0.4, 0.5) is 0 Å². The fourth-order valence-corrected chi connectivity index (χ4v) is 3.31. The van der Waals surface area contributed by atoms with E-state index in [0.717, 1.165) is 23.1 Å². The summed E-state index contributed by atoms with van der Waals surface area (Å²) in [6.07, 6.45) is 1.63. The van der Waals surface area contributed by atoms with E-state index in [1.165, 1.54) is 0 Å². The number of benzene rings is 2. The second-order valence-corrected chi connectivity index (χ2v) is 7.47. The molecule has 0 aliphatic heterocycles. The molecule has 0 unspecified atom stereocenters. The predicted molar refractivity (Wildman–Crippen MR) is 114 cm³/mol. The molecule has 28 heavy (non-hydrogen) atoms. The molecule has 0 radical (unpaired) electrons. The van der Waals surface area contributed by atoms with Crippen LogP contribution in [0.1, 0.15) is 43.4 Å². The zero-order valence-electron chi connectivity index (χ0n) is 16.9. The number of rotatable bonds is 9. The number of carbonyl (C=O) groups excluding carboxylic acids is 2. The summed E-state index contributed by atoms with van der Waals surface area (Å²) in [5, 5.41) is 3.53. The summed E-state index contributed by atoms with van der Waals surface area (Å²) in [5.74, 6) is -0.183. The fourth-order valence-electron chi connectivity index (χ4n) is 3.10. The van der Waals surface area contributed by atoms with Crippen LogP contribution in [0.2, 0.25) is 5.02 Å². The smallest absolute Gasteiger partial charge is 0.242 e. The van der Waals surface area contributed by atoms with Crippen molar-refractivity contribution in [3.8, 4) is 0 Å². The largest absolute Gasteiger partial charge is 0.354 e. The van der Waals surface area contributed by atoms with Crippen LogP contribution < -0.4 is 5.32 Å². The van der Waals surface area contributed by atoms with Crippen LogP contribution in [-0.4, -0.2) is 29.3 Å².